The minimum Gasteiger partial charge on any atom is -0.494 e. The van der Waals surface area contributed by atoms with Crippen molar-refractivity contribution in [2.75, 3.05) is 44.7 Å². The molecule has 0 aliphatic carbocycles. The summed E-state index contributed by atoms with van der Waals surface area (Å²) in [6.07, 6.45) is 0. The second kappa shape index (κ2) is 12.4. The second-order valence-corrected chi connectivity index (χ2v) is 10.7. The fraction of sp³-hybridized carbons (Fsp3) is 0.200. The second-order valence-electron chi connectivity index (χ2n) is 10.7. The van der Waals surface area contributed by atoms with E-state index in [1.165, 1.54) is 5.56 Å². The maximum atomic E-state index is 13.2. The number of rotatable bonds is 8. The monoisotopic (exact) mass is 557 g/mol. The lowest BCUT2D eigenvalue weighted by Gasteiger charge is -2.35. The first-order valence-corrected chi connectivity index (χ1v) is 14.3. The van der Waals surface area contributed by atoms with E-state index < -0.39 is 0 Å². The summed E-state index contributed by atoms with van der Waals surface area (Å²) in [5.74, 6) is 0.151. The van der Waals surface area contributed by atoms with Crippen LogP contribution in [0.25, 0.3) is 10.9 Å². The Morgan fingerprint density at radius 3 is 2.14 bits per heavy atom. The predicted octanol–water partition coefficient (Wildman–Crippen LogP) is 5.82. The average molecular weight is 558 g/mol. The molecule has 5 aromatic rings. The zero-order valence-electron chi connectivity index (χ0n) is 23.8. The summed E-state index contributed by atoms with van der Waals surface area (Å²) in [5.41, 5.74) is 5.96. The molecular weight excluding hydrogens is 522 g/mol. The first kappa shape index (κ1) is 27.4. The normalized spacial score (nSPS) is 14.7. The SMILES string of the molecule is CN(C(=O)CN1CCN(Cc2ccccc2)CC1)c1ccc(N=C(c2ccccc2)c2c(O)[nH]c3ccccc23)cc1. The summed E-state index contributed by atoms with van der Waals surface area (Å²) < 4.78 is 0. The maximum Gasteiger partial charge on any atom is 0.240 e. The maximum absolute atomic E-state index is 13.2. The van der Waals surface area contributed by atoms with Crippen molar-refractivity contribution >= 4 is 33.9 Å². The van der Waals surface area contributed by atoms with E-state index in [2.05, 4.69) is 39.0 Å². The van der Waals surface area contributed by atoms with E-state index in [1.54, 1.807) is 4.90 Å². The molecule has 1 fully saturated rings. The summed E-state index contributed by atoms with van der Waals surface area (Å²) in [4.78, 5) is 27.6. The number of carbonyl (C=O) groups is 1. The fourth-order valence-electron chi connectivity index (χ4n) is 5.50. The predicted molar refractivity (Wildman–Crippen MR) is 170 cm³/mol. The van der Waals surface area contributed by atoms with Gasteiger partial charge in [0.15, 0.2) is 5.88 Å². The summed E-state index contributed by atoms with van der Waals surface area (Å²) in [5, 5.41) is 11.8. The molecule has 1 aliphatic rings. The lowest BCUT2D eigenvalue weighted by molar-refractivity contribution is -0.119. The number of benzene rings is 4. The number of amides is 1. The quantitative estimate of drug-likeness (QED) is 0.236. The number of piperazine rings is 1. The van der Waals surface area contributed by atoms with Crippen LogP contribution in [0.1, 0.15) is 16.7 Å². The highest BCUT2D eigenvalue weighted by Crippen LogP contribution is 2.31. The van der Waals surface area contributed by atoms with Gasteiger partial charge in [0.2, 0.25) is 5.91 Å². The van der Waals surface area contributed by atoms with Crippen LogP contribution in [-0.2, 0) is 11.3 Å². The number of aromatic hydroxyl groups is 1. The zero-order chi connectivity index (χ0) is 28.9. The van der Waals surface area contributed by atoms with E-state index in [0.717, 1.165) is 60.6 Å². The Kier molecular flexibility index (Phi) is 8.12. The van der Waals surface area contributed by atoms with Gasteiger partial charge in [0.25, 0.3) is 0 Å². The van der Waals surface area contributed by atoms with Crippen molar-refractivity contribution in [3.8, 4) is 5.88 Å². The molecular formula is C35H35N5O2. The van der Waals surface area contributed by atoms with Crippen LogP contribution in [0.4, 0.5) is 11.4 Å². The number of nitrogens with one attached hydrogen (secondary N) is 1. The molecule has 2 heterocycles. The van der Waals surface area contributed by atoms with E-state index in [9.17, 15) is 9.90 Å². The van der Waals surface area contributed by atoms with E-state index in [-0.39, 0.29) is 11.8 Å². The largest absolute Gasteiger partial charge is 0.494 e. The van der Waals surface area contributed by atoms with E-state index in [4.69, 9.17) is 4.99 Å². The topological polar surface area (TPSA) is 75.2 Å². The van der Waals surface area contributed by atoms with E-state index in [0.29, 0.717) is 17.8 Å². The van der Waals surface area contributed by atoms with Gasteiger partial charge in [-0.1, -0.05) is 78.9 Å². The number of aromatic nitrogens is 1. The number of hydrogen-bond donors (Lipinski definition) is 2. The third-order valence-electron chi connectivity index (χ3n) is 7.90. The van der Waals surface area contributed by atoms with Crippen molar-refractivity contribution in [1.29, 1.82) is 0 Å². The Morgan fingerprint density at radius 2 is 1.43 bits per heavy atom. The van der Waals surface area contributed by atoms with Gasteiger partial charge in [0, 0.05) is 61.9 Å². The lowest BCUT2D eigenvalue weighted by atomic mass is 10.0. The van der Waals surface area contributed by atoms with Gasteiger partial charge < -0.3 is 15.0 Å². The number of nitrogens with zero attached hydrogens (tertiary/aromatic N) is 4. The Labute approximate surface area is 246 Å². The number of aromatic amines is 1. The molecule has 4 aromatic carbocycles. The van der Waals surface area contributed by atoms with Gasteiger partial charge in [-0.15, -0.1) is 0 Å². The van der Waals surface area contributed by atoms with Gasteiger partial charge in [-0.05, 0) is 35.9 Å². The van der Waals surface area contributed by atoms with Crippen LogP contribution < -0.4 is 4.90 Å². The number of likely N-dealkylation sites (N-methyl/N-ethyl adjacent to an activating group) is 1. The van der Waals surface area contributed by atoms with Crippen molar-refractivity contribution < 1.29 is 9.90 Å². The number of fused-ring (bicyclic) bond motifs is 1. The van der Waals surface area contributed by atoms with Gasteiger partial charge in [-0.3, -0.25) is 14.6 Å². The molecule has 212 valence electrons. The molecule has 0 radical (unpaired) electrons. The van der Waals surface area contributed by atoms with Crippen LogP contribution in [0.2, 0.25) is 0 Å². The number of hydrogen-bond acceptors (Lipinski definition) is 5. The highest BCUT2D eigenvalue weighted by molar-refractivity contribution is 6.21. The van der Waals surface area contributed by atoms with E-state index in [1.807, 2.05) is 92.0 Å². The van der Waals surface area contributed by atoms with Crippen LogP contribution in [0.5, 0.6) is 5.88 Å². The van der Waals surface area contributed by atoms with Crippen LogP contribution in [0.15, 0.2) is 114 Å². The first-order chi connectivity index (χ1) is 20.5. The summed E-state index contributed by atoms with van der Waals surface area (Å²) >= 11 is 0. The fourth-order valence-corrected chi connectivity index (χ4v) is 5.50. The lowest BCUT2D eigenvalue weighted by Crippen LogP contribution is -2.49. The Hall–Kier alpha value is -4.72. The Balaban J connectivity index is 1.14. The van der Waals surface area contributed by atoms with Gasteiger partial charge in [-0.2, -0.15) is 0 Å². The highest BCUT2D eigenvalue weighted by atomic mass is 16.3. The first-order valence-electron chi connectivity index (χ1n) is 14.3. The Bertz CT molecular complexity index is 1670. The van der Waals surface area contributed by atoms with Crippen LogP contribution in [0.3, 0.4) is 0 Å². The molecule has 7 nitrogen and oxygen atoms in total. The molecule has 1 amide bonds. The number of anilines is 1. The molecule has 42 heavy (non-hydrogen) atoms. The molecule has 0 bridgehead atoms. The summed E-state index contributed by atoms with van der Waals surface area (Å²) in [6, 6.07) is 35.9. The highest BCUT2D eigenvalue weighted by Gasteiger charge is 2.22. The summed E-state index contributed by atoms with van der Waals surface area (Å²) in [6.45, 7) is 5.01. The number of carbonyl (C=O) groups excluding carboxylic acids is 1. The standard InChI is InChI=1S/C35H35N5O2/c1-38(32(41)25-40-22-20-39(21-23-40)24-26-10-4-2-5-11-26)29-18-16-28(17-19-29)36-34(27-12-6-3-7-13-27)33-30-14-8-9-15-31(30)37-35(33)42/h2-19,37,42H,20-25H2,1H3. The third-order valence-corrected chi connectivity index (χ3v) is 7.90. The number of para-hydroxylation sites is 1. The molecule has 1 aromatic heterocycles. The molecule has 0 saturated carbocycles. The van der Waals surface area contributed by atoms with Crippen molar-refractivity contribution in [1.82, 2.24) is 14.8 Å². The average Bonchev–Trinajstić information content (AvgIpc) is 3.37. The molecule has 1 saturated heterocycles. The van der Waals surface area contributed by atoms with Crippen molar-refractivity contribution in [2.24, 2.45) is 4.99 Å². The smallest absolute Gasteiger partial charge is 0.240 e. The van der Waals surface area contributed by atoms with Gasteiger partial charge in [0.05, 0.1) is 23.5 Å². The molecule has 6 rings (SSSR count). The van der Waals surface area contributed by atoms with Crippen LogP contribution >= 0.6 is 0 Å². The zero-order valence-corrected chi connectivity index (χ0v) is 23.8. The number of H-pyrrole nitrogens is 1. The minimum atomic E-state index is 0.0662. The third kappa shape index (κ3) is 6.12. The van der Waals surface area contributed by atoms with Crippen molar-refractivity contribution in [3.63, 3.8) is 0 Å². The number of aliphatic imine (C=N–C) groups is 1. The van der Waals surface area contributed by atoms with Crippen molar-refractivity contribution in [2.45, 2.75) is 6.54 Å². The molecule has 0 unspecified atom stereocenters. The minimum absolute atomic E-state index is 0.0662. The van der Waals surface area contributed by atoms with Gasteiger partial charge in [-0.25, -0.2) is 4.99 Å². The summed E-state index contributed by atoms with van der Waals surface area (Å²) in [7, 11) is 1.83. The molecule has 2 N–H and O–H groups in total. The van der Waals surface area contributed by atoms with Crippen molar-refractivity contribution in [3.05, 3.63) is 126 Å². The molecule has 7 heteroatoms. The van der Waals surface area contributed by atoms with E-state index >= 15 is 0 Å². The van der Waals surface area contributed by atoms with Crippen LogP contribution in [-0.4, -0.2) is 71.3 Å². The Morgan fingerprint density at radius 1 is 0.810 bits per heavy atom. The van der Waals surface area contributed by atoms with Gasteiger partial charge in [0.1, 0.15) is 0 Å². The van der Waals surface area contributed by atoms with Crippen LogP contribution in [0, 0.1) is 0 Å². The van der Waals surface area contributed by atoms with Gasteiger partial charge >= 0.3 is 0 Å². The molecule has 1 aliphatic heterocycles. The molecule has 0 spiro atoms. The molecule has 0 atom stereocenters.